The minimum Gasteiger partial charge on any atom is -0.481 e. The maximum Gasteiger partial charge on any atom is 0.303 e. The summed E-state index contributed by atoms with van der Waals surface area (Å²) in [6.07, 6.45) is 0.632. The Morgan fingerprint density at radius 1 is 1.43 bits per heavy atom. The highest BCUT2D eigenvalue weighted by Gasteiger charge is 2.00. The molecule has 0 saturated carbocycles. The molecule has 1 aromatic carbocycles. The van der Waals surface area contributed by atoms with Crippen LogP contribution < -0.4 is 4.91 Å². The van der Waals surface area contributed by atoms with Crippen LogP contribution in [0.2, 0.25) is 0 Å². The second-order valence-corrected chi connectivity index (χ2v) is 2.76. The first-order chi connectivity index (χ1) is 6.72. The average Bonchev–Trinajstić information content (AvgIpc) is 2.17. The van der Waals surface area contributed by atoms with E-state index in [4.69, 9.17) is 10.6 Å². The minimum absolute atomic E-state index is 0.124. The van der Waals surface area contributed by atoms with Gasteiger partial charge in [0.05, 0.1) is 0 Å². The van der Waals surface area contributed by atoms with Gasteiger partial charge in [0.2, 0.25) is 4.91 Å². The van der Waals surface area contributed by atoms with Crippen LogP contribution in [0.3, 0.4) is 0 Å². The Hall–Kier alpha value is -2.00. The van der Waals surface area contributed by atoms with Gasteiger partial charge in [0, 0.05) is 6.42 Å². The number of nitrogens with one attached hydrogen (secondary N) is 1. The SMILES string of the molecule is N=[N+]=Nc1ccc(CCC(=O)O)cc1. The van der Waals surface area contributed by atoms with Crippen molar-refractivity contribution in [3.05, 3.63) is 29.8 Å². The van der Waals surface area contributed by atoms with Gasteiger partial charge in [-0.2, -0.15) is 0 Å². The Balaban J connectivity index is 2.63. The molecule has 14 heavy (non-hydrogen) atoms. The predicted octanol–water partition coefficient (Wildman–Crippen LogP) is 1.89. The lowest BCUT2D eigenvalue weighted by Crippen LogP contribution is -1.96. The largest absolute Gasteiger partial charge is 0.481 e. The summed E-state index contributed by atoms with van der Waals surface area (Å²) >= 11 is 0. The van der Waals surface area contributed by atoms with Crippen molar-refractivity contribution in [3.8, 4) is 0 Å². The summed E-state index contributed by atoms with van der Waals surface area (Å²) in [7, 11) is 0. The monoisotopic (exact) mass is 192 g/mol. The lowest BCUT2D eigenvalue weighted by atomic mass is 10.1. The maximum absolute atomic E-state index is 10.3. The van der Waals surface area contributed by atoms with Gasteiger partial charge in [-0.15, -0.1) is 0 Å². The van der Waals surface area contributed by atoms with E-state index in [0.717, 1.165) is 5.56 Å². The third kappa shape index (κ3) is 3.16. The highest BCUT2D eigenvalue weighted by Crippen LogP contribution is 2.12. The maximum atomic E-state index is 10.3. The van der Waals surface area contributed by atoms with E-state index >= 15 is 0 Å². The molecule has 72 valence electrons. The van der Waals surface area contributed by atoms with E-state index in [1.165, 1.54) is 0 Å². The molecule has 0 fully saturated rings. The van der Waals surface area contributed by atoms with Gasteiger partial charge in [-0.3, -0.25) is 4.79 Å². The van der Waals surface area contributed by atoms with E-state index in [-0.39, 0.29) is 6.42 Å². The highest BCUT2D eigenvalue weighted by molar-refractivity contribution is 5.67. The number of carboxylic acids is 1. The summed E-state index contributed by atoms with van der Waals surface area (Å²) < 4.78 is 0. The molecule has 1 rings (SSSR count). The van der Waals surface area contributed by atoms with Crippen LogP contribution in [0.25, 0.3) is 0 Å². The van der Waals surface area contributed by atoms with Gasteiger partial charge in [0.15, 0.2) is 10.8 Å². The number of hydrogen-bond donors (Lipinski definition) is 2. The summed E-state index contributed by atoms with van der Waals surface area (Å²) in [4.78, 5) is 13.2. The summed E-state index contributed by atoms with van der Waals surface area (Å²) in [6.45, 7) is 0. The molecule has 5 nitrogen and oxygen atoms in total. The molecule has 0 aromatic heterocycles. The lowest BCUT2D eigenvalue weighted by Gasteiger charge is -1.96. The van der Waals surface area contributed by atoms with Crippen LogP contribution >= 0.6 is 0 Å². The van der Waals surface area contributed by atoms with Gasteiger partial charge >= 0.3 is 5.97 Å². The number of rotatable bonds is 4. The van der Waals surface area contributed by atoms with Crippen LogP contribution in [-0.4, -0.2) is 11.1 Å². The molecule has 0 heterocycles. The van der Waals surface area contributed by atoms with Crippen LogP contribution in [-0.2, 0) is 11.2 Å². The summed E-state index contributed by atoms with van der Waals surface area (Å²) in [5, 5.41) is 12.0. The first kappa shape index (κ1) is 10.1. The number of carbonyl (C=O) groups is 1. The molecular weight excluding hydrogens is 182 g/mol. The summed E-state index contributed by atoms with van der Waals surface area (Å²) in [5.74, 6) is -0.806. The first-order valence-electron chi connectivity index (χ1n) is 4.10. The summed E-state index contributed by atoms with van der Waals surface area (Å²) in [5.41, 5.74) is 8.05. The lowest BCUT2D eigenvalue weighted by molar-refractivity contribution is -0.136. The predicted molar refractivity (Wildman–Crippen MR) is 49.3 cm³/mol. The van der Waals surface area contributed by atoms with Crippen molar-refractivity contribution in [1.29, 1.82) is 5.53 Å². The van der Waals surface area contributed by atoms with Gasteiger partial charge in [-0.05, 0) is 24.1 Å². The van der Waals surface area contributed by atoms with E-state index in [0.29, 0.717) is 12.1 Å². The molecule has 0 bridgehead atoms. The molecule has 0 aliphatic carbocycles. The minimum atomic E-state index is -0.806. The van der Waals surface area contributed by atoms with Gasteiger partial charge in [-0.25, -0.2) is 0 Å². The zero-order chi connectivity index (χ0) is 10.4. The Morgan fingerprint density at radius 3 is 2.57 bits per heavy atom. The van der Waals surface area contributed by atoms with E-state index in [1.807, 2.05) is 0 Å². The van der Waals surface area contributed by atoms with Crippen molar-refractivity contribution in [2.45, 2.75) is 12.8 Å². The molecule has 0 saturated heterocycles. The molecule has 0 aliphatic rings. The van der Waals surface area contributed by atoms with Gasteiger partial charge < -0.3 is 5.11 Å². The van der Waals surface area contributed by atoms with Crippen molar-refractivity contribution in [3.63, 3.8) is 0 Å². The van der Waals surface area contributed by atoms with Crippen molar-refractivity contribution in [2.24, 2.45) is 5.11 Å². The van der Waals surface area contributed by atoms with E-state index in [1.54, 1.807) is 24.3 Å². The Labute approximate surface area is 80.6 Å². The number of benzene rings is 1. The second-order valence-electron chi connectivity index (χ2n) is 2.76. The third-order valence-corrected chi connectivity index (χ3v) is 1.73. The Bertz CT molecular complexity index is 366. The van der Waals surface area contributed by atoms with E-state index in [2.05, 4.69) is 10.0 Å². The quantitative estimate of drug-likeness (QED) is 0.563. The Kier molecular flexibility index (Phi) is 3.52. The first-order valence-corrected chi connectivity index (χ1v) is 4.10. The van der Waals surface area contributed by atoms with Crippen molar-refractivity contribution in [1.82, 2.24) is 4.91 Å². The summed E-state index contributed by atoms with van der Waals surface area (Å²) in [6, 6.07) is 6.98. The fourth-order valence-corrected chi connectivity index (χ4v) is 1.04. The number of aryl methyl sites for hydroxylation is 1. The van der Waals surface area contributed by atoms with E-state index in [9.17, 15) is 4.79 Å². The van der Waals surface area contributed by atoms with Crippen LogP contribution in [0.15, 0.2) is 29.4 Å². The number of hydrogen-bond acceptors (Lipinski definition) is 3. The zero-order valence-corrected chi connectivity index (χ0v) is 7.47. The van der Waals surface area contributed by atoms with E-state index < -0.39 is 5.97 Å². The van der Waals surface area contributed by atoms with Gasteiger partial charge in [-0.1, -0.05) is 12.1 Å². The molecule has 0 radical (unpaired) electrons. The standard InChI is InChI=1S/C9H9N3O2/c10-12-11-8-4-1-7(2-5-8)3-6-9(13)14/h1-2,4-5,10H,3,6H2/p+1. The van der Waals surface area contributed by atoms with Crippen molar-refractivity contribution >= 4 is 11.7 Å². The molecule has 0 amide bonds. The van der Waals surface area contributed by atoms with Gasteiger partial charge in [0.1, 0.15) is 5.53 Å². The number of nitrogens with zero attached hydrogens (tertiary/aromatic N) is 2. The van der Waals surface area contributed by atoms with Crippen LogP contribution in [0.1, 0.15) is 12.0 Å². The fraction of sp³-hybridized carbons (Fsp3) is 0.222. The highest BCUT2D eigenvalue weighted by atomic mass is 16.4. The number of aliphatic carboxylic acids is 1. The zero-order valence-electron chi connectivity index (χ0n) is 7.47. The molecule has 0 unspecified atom stereocenters. The number of carboxylic acid groups (broad SMARTS) is 1. The molecule has 0 spiro atoms. The second kappa shape index (κ2) is 4.89. The Morgan fingerprint density at radius 2 is 2.07 bits per heavy atom. The average molecular weight is 192 g/mol. The molecule has 5 heteroatoms. The van der Waals surface area contributed by atoms with Crippen molar-refractivity contribution < 1.29 is 9.90 Å². The van der Waals surface area contributed by atoms with Crippen LogP contribution in [0, 0.1) is 5.53 Å². The van der Waals surface area contributed by atoms with Crippen LogP contribution in [0.5, 0.6) is 0 Å². The van der Waals surface area contributed by atoms with Gasteiger partial charge in [0.25, 0.3) is 0 Å². The molecule has 1 aromatic rings. The molecular formula is C9H10N3O2+. The smallest absolute Gasteiger partial charge is 0.303 e. The van der Waals surface area contributed by atoms with Crippen LogP contribution in [0.4, 0.5) is 5.69 Å². The molecule has 0 atom stereocenters. The normalized spacial score (nSPS) is 9.14. The topological polar surface area (TPSA) is 87.6 Å². The molecule has 2 N–H and O–H groups in total. The van der Waals surface area contributed by atoms with Crippen molar-refractivity contribution in [2.75, 3.05) is 0 Å². The third-order valence-electron chi connectivity index (χ3n) is 1.73. The molecule has 0 aliphatic heterocycles. The fourth-order valence-electron chi connectivity index (χ4n) is 1.04.